The van der Waals surface area contributed by atoms with Crippen LogP contribution in [0.25, 0.3) is 11.0 Å². The molecule has 9 nitrogen and oxygen atoms in total. The lowest BCUT2D eigenvalue weighted by Crippen LogP contribution is -2.24. The summed E-state index contributed by atoms with van der Waals surface area (Å²) >= 11 is 0. The number of hydrogen-bond donors (Lipinski definition) is 1. The van der Waals surface area contributed by atoms with Gasteiger partial charge in [-0.3, -0.25) is 14.3 Å². The van der Waals surface area contributed by atoms with Gasteiger partial charge in [0.05, 0.1) is 11.9 Å². The number of rotatable bonds is 13. The maximum Gasteiger partial charge on any atom is 0.306 e. The summed E-state index contributed by atoms with van der Waals surface area (Å²) in [4.78, 5) is 28.1. The van der Waals surface area contributed by atoms with Gasteiger partial charge in [-0.15, -0.1) is 10.2 Å². The van der Waals surface area contributed by atoms with Crippen LogP contribution in [0.2, 0.25) is 0 Å². The first-order valence-electron chi connectivity index (χ1n) is 14.3. The van der Waals surface area contributed by atoms with Crippen molar-refractivity contribution >= 4 is 22.8 Å². The monoisotopic (exact) mass is 542 g/mol. The van der Waals surface area contributed by atoms with E-state index in [0.717, 1.165) is 47.1 Å². The summed E-state index contributed by atoms with van der Waals surface area (Å²) in [5.41, 5.74) is 5.19. The molecule has 0 bridgehead atoms. The minimum Gasteiger partial charge on any atom is -0.460 e. The van der Waals surface area contributed by atoms with Crippen molar-refractivity contribution in [2.45, 2.75) is 96.6 Å². The molecule has 3 heterocycles. The molecule has 0 unspecified atom stereocenters. The average Bonchev–Trinajstić information content (AvgIpc) is 3.51. The minimum atomic E-state index is -0.478. The number of benzene rings is 1. The van der Waals surface area contributed by atoms with Gasteiger partial charge in [0, 0.05) is 30.5 Å². The molecule has 1 saturated carbocycles. The predicted molar refractivity (Wildman–Crippen MR) is 152 cm³/mol. The van der Waals surface area contributed by atoms with Gasteiger partial charge in [-0.05, 0) is 94.9 Å². The Bertz CT molecular complexity index is 1480. The molecular formula is C31H38N6O3. The van der Waals surface area contributed by atoms with E-state index in [0.29, 0.717) is 43.8 Å². The van der Waals surface area contributed by atoms with Crippen LogP contribution in [0.5, 0.6) is 0 Å². The van der Waals surface area contributed by atoms with Gasteiger partial charge in [0.2, 0.25) is 0 Å². The second kappa shape index (κ2) is 12.1. The quantitative estimate of drug-likeness (QED) is 0.134. The fraction of sp³-hybridized carbons (Fsp3) is 0.484. The highest BCUT2D eigenvalue weighted by Crippen LogP contribution is 2.40. The number of fused-ring (bicyclic) bond motifs is 1. The zero-order valence-electron chi connectivity index (χ0n) is 23.7. The van der Waals surface area contributed by atoms with Crippen LogP contribution in [0.15, 0.2) is 42.6 Å². The topological polar surface area (TPSA) is 116 Å². The molecule has 1 N–H and O–H groups in total. The molecule has 9 heteroatoms. The number of nitrogens with one attached hydrogen (secondary N) is 1. The minimum absolute atomic E-state index is 0.0222. The number of ether oxygens (including phenoxy) is 1. The van der Waals surface area contributed by atoms with Crippen molar-refractivity contribution in [3.63, 3.8) is 0 Å². The van der Waals surface area contributed by atoms with Crippen LogP contribution in [0.3, 0.4) is 0 Å². The molecular weight excluding hydrogens is 504 g/mol. The maximum atomic E-state index is 12.7. The van der Waals surface area contributed by atoms with Crippen LogP contribution in [0.1, 0.15) is 98.2 Å². The van der Waals surface area contributed by atoms with Crippen LogP contribution in [0, 0.1) is 0 Å². The number of hydrogen-bond acceptors (Lipinski definition) is 7. The van der Waals surface area contributed by atoms with Crippen molar-refractivity contribution in [2.24, 2.45) is 0 Å². The van der Waals surface area contributed by atoms with Gasteiger partial charge in [-0.1, -0.05) is 29.5 Å². The van der Waals surface area contributed by atoms with Crippen LogP contribution < -0.4 is 0 Å². The lowest BCUT2D eigenvalue weighted by molar-refractivity contribution is -0.154. The number of esters is 1. The van der Waals surface area contributed by atoms with E-state index >= 15 is 0 Å². The zero-order chi connectivity index (χ0) is 28.1. The summed E-state index contributed by atoms with van der Waals surface area (Å²) < 4.78 is 7.13. The molecule has 3 aromatic heterocycles. The van der Waals surface area contributed by atoms with Gasteiger partial charge < -0.3 is 9.72 Å². The number of carbonyl (C=O) groups excluding carboxylic acids is 2. The Morgan fingerprint density at radius 3 is 2.50 bits per heavy atom. The lowest BCUT2D eigenvalue weighted by atomic mass is 10.0. The Morgan fingerprint density at radius 2 is 1.75 bits per heavy atom. The SMILES string of the molecule is CC(C)(C)OC(=O)CCc1cccc(CCC(=O)c2cn(CCCCc3cc4cc(C5CC5)[nH]c4nn3)nn2)c1. The van der Waals surface area contributed by atoms with Gasteiger partial charge in [-0.2, -0.15) is 5.10 Å². The second-order valence-corrected chi connectivity index (χ2v) is 11.8. The van der Waals surface area contributed by atoms with Crippen LogP contribution in [0.4, 0.5) is 0 Å². The molecule has 0 spiro atoms. The maximum absolute atomic E-state index is 12.7. The fourth-order valence-corrected chi connectivity index (χ4v) is 4.81. The highest BCUT2D eigenvalue weighted by molar-refractivity contribution is 5.93. The van der Waals surface area contributed by atoms with E-state index in [4.69, 9.17) is 4.74 Å². The summed E-state index contributed by atoms with van der Waals surface area (Å²) in [5, 5.41) is 18.1. The summed E-state index contributed by atoms with van der Waals surface area (Å²) in [7, 11) is 0. The molecule has 1 fully saturated rings. The molecule has 0 atom stereocenters. The molecule has 210 valence electrons. The van der Waals surface area contributed by atoms with Crippen molar-refractivity contribution in [1.82, 2.24) is 30.2 Å². The van der Waals surface area contributed by atoms with Crippen molar-refractivity contribution in [3.05, 3.63) is 70.8 Å². The number of Topliss-reactive ketones (excluding diaryl/α,β-unsaturated/α-hetero) is 1. The molecule has 0 saturated heterocycles. The number of aryl methyl sites for hydroxylation is 4. The third-order valence-corrected chi connectivity index (χ3v) is 7.03. The first-order chi connectivity index (χ1) is 19.2. The largest absolute Gasteiger partial charge is 0.460 e. The van der Waals surface area contributed by atoms with Gasteiger partial charge >= 0.3 is 5.97 Å². The molecule has 1 aliphatic carbocycles. The molecule has 5 rings (SSSR count). The Balaban J connectivity index is 1.03. The number of nitrogens with zero attached hydrogens (tertiary/aromatic N) is 5. The first-order valence-corrected chi connectivity index (χ1v) is 14.3. The molecule has 0 aliphatic heterocycles. The number of unbranched alkanes of at least 4 members (excludes halogenated alkanes) is 1. The Labute approximate surface area is 234 Å². The van der Waals surface area contributed by atoms with Gasteiger partial charge in [0.1, 0.15) is 11.3 Å². The number of aromatic nitrogens is 6. The van der Waals surface area contributed by atoms with E-state index in [1.807, 2.05) is 39.0 Å². The Kier molecular flexibility index (Phi) is 8.38. The van der Waals surface area contributed by atoms with Crippen molar-refractivity contribution in [2.75, 3.05) is 0 Å². The van der Waals surface area contributed by atoms with E-state index < -0.39 is 5.60 Å². The first kappa shape index (κ1) is 27.7. The summed E-state index contributed by atoms with van der Waals surface area (Å²) in [6, 6.07) is 12.4. The normalized spacial score (nSPS) is 13.6. The average molecular weight is 543 g/mol. The third-order valence-electron chi connectivity index (χ3n) is 7.03. The number of ketones is 1. The van der Waals surface area contributed by atoms with Gasteiger partial charge in [-0.25, -0.2) is 0 Å². The number of H-pyrrole nitrogens is 1. The summed E-state index contributed by atoms with van der Waals surface area (Å²) in [6.45, 7) is 6.30. The van der Waals surface area contributed by atoms with Crippen molar-refractivity contribution in [1.29, 1.82) is 0 Å². The Hall–Kier alpha value is -3.88. The van der Waals surface area contributed by atoms with Crippen molar-refractivity contribution < 1.29 is 14.3 Å². The fourth-order valence-electron chi connectivity index (χ4n) is 4.81. The highest BCUT2D eigenvalue weighted by atomic mass is 16.6. The molecule has 40 heavy (non-hydrogen) atoms. The van der Waals surface area contributed by atoms with E-state index in [9.17, 15) is 9.59 Å². The van der Waals surface area contributed by atoms with Crippen LogP contribution in [-0.2, 0) is 35.3 Å². The Morgan fingerprint density at radius 1 is 0.975 bits per heavy atom. The summed E-state index contributed by atoms with van der Waals surface area (Å²) in [5.74, 6) is 0.446. The summed E-state index contributed by atoms with van der Waals surface area (Å²) in [6.07, 6.45) is 8.89. The molecule has 0 radical (unpaired) electrons. The predicted octanol–water partition coefficient (Wildman–Crippen LogP) is 5.54. The van der Waals surface area contributed by atoms with E-state index in [2.05, 4.69) is 43.7 Å². The third kappa shape index (κ3) is 7.83. The molecule has 1 aromatic carbocycles. The van der Waals surface area contributed by atoms with Crippen molar-refractivity contribution in [3.8, 4) is 0 Å². The second-order valence-electron chi connectivity index (χ2n) is 11.8. The molecule has 0 amide bonds. The standard InChI is InChI=1S/C31H38N6O3/c1-31(2,3)40-29(39)15-11-22-8-6-7-21(17-22)10-14-28(38)27-20-37(36-34-27)16-5-4-9-25-18-24-19-26(23-12-13-23)32-30(24)35-33-25/h6-8,17-20,23H,4-5,9-16H2,1-3H3,(H,32,35). The number of carbonyl (C=O) groups is 2. The van der Waals surface area contributed by atoms with Gasteiger partial charge in [0.25, 0.3) is 0 Å². The zero-order valence-corrected chi connectivity index (χ0v) is 23.7. The van der Waals surface area contributed by atoms with Gasteiger partial charge in [0.15, 0.2) is 11.4 Å². The molecule has 4 aromatic rings. The lowest BCUT2D eigenvalue weighted by Gasteiger charge is -2.19. The van der Waals surface area contributed by atoms with E-state index in [-0.39, 0.29) is 11.8 Å². The van der Waals surface area contributed by atoms with E-state index in [1.54, 1.807) is 10.9 Å². The van der Waals surface area contributed by atoms with Crippen LogP contribution >= 0.6 is 0 Å². The van der Waals surface area contributed by atoms with Crippen LogP contribution in [-0.4, -0.2) is 47.5 Å². The molecule has 1 aliphatic rings. The number of aromatic amines is 1. The smallest absolute Gasteiger partial charge is 0.306 e. The highest BCUT2D eigenvalue weighted by Gasteiger charge is 2.25. The van der Waals surface area contributed by atoms with E-state index in [1.165, 1.54) is 18.5 Å².